The van der Waals surface area contributed by atoms with Crippen molar-refractivity contribution in [3.63, 3.8) is 0 Å². The first-order valence-corrected chi connectivity index (χ1v) is 9.85. The third-order valence-corrected chi connectivity index (χ3v) is 6.24. The van der Waals surface area contributed by atoms with E-state index >= 15 is 0 Å². The molecule has 0 aliphatic heterocycles. The molecule has 7 heteroatoms. The maximum atomic E-state index is 13.0. The van der Waals surface area contributed by atoms with E-state index < -0.39 is 0 Å². The van der Waals surface area contributed by atoms with Gasteiger partial charge in [-0.2, -0.15) is 0 Å². The van der Waals surface area contributed by atoms with Crippen LogP contribution in [0.15, 0.2) is 9.95 Å². The number of hydrogen-bond donors (Lipinski definition) is 0. The highest BCUT2D eigenvalue weighted by Gasteiger charge is 2.22. The van der Waals surface area contributed by atoms with Gasteiger partial charge in [0.1, 0.15) is 4.83 Å². The number of carbonyl (C=O) groups excluding carboxylic acids is 1. The Balaban J connectivity index is 2.54. The van der Waals surface area contributed by atoms with E-state index in [0.29, 0.717) is 11.7 Å². The lowest BCUT2D eigenvalue weighted by Gasteiger charge is -2.18. The number of aryl methyl sites for hydroxylation is 2. The van der Waals surface area contributed by atoms with Gasteiger partial charge in [0.05, 0.1) is 10.6 Å². The maximum Gasteiger partial charge on any atom is 0.263 e. The minimum atomic E-state index is -0.278. The Morgan fingerprint density at radius 1 is 1.38 bits per heavy atom. The molecule has 5 nitrogen and oxygen atoms in total. The van der Waals surface area contributed by atoms with Crippen LogP contribution in [0.25, 0.3) is 10.2 Å². The van der Waals surface area contributed by atoms with Crippen molar-refractivity contribution in [2.45, 2.75) is 57.5 Å². The van der Waals surface area contributed by atoms with Crippen LogP contribution in [0.2, 0.25) is 0 Å². The predicted molar refractivity (Wildman–Crippen MR) is 102 cm³/mol. The largest absolute Gasteiger partial charge is 0.348 e. The molecule has 0 bridgehead atoms. The van der Waals surface area contributed by atoms with Crippen LogP contribution in [-0.4, -0.2) is 39.7 Å². The van der Waals surface area contributed by atoms with E-state index in [1.54, 1.807) is 34.9 Å². The maximum absolute atomic E-state index is 13.0. The first kappa shape index (κ1) is 19.0. The van der Waals surface area contributed by atoms with Crippen molar-refractivity contribution in [3.8, 4) is 0 Å². The average molecular weight is 368 g/mol. The second kappa shape index (κ2) is 7.70. The molecule has 0 aromatic carbocycles. The van der Waals surface area contributed by atoms with Gasteiger partial charge in [0.25, 0.3) is 5.56 Å². The fourth-order valence-corrected chi connectivity index (χ4v) is 4.64. The van der Waals surface area contributed by atoms with Crippen LogP contribution in [-0.2, 0) is 11.3 Å². The monoisotopic (exact) mass is 367 g/mol. The molecule has 1 amide bonds. The molecule has 0 aliphatic carbocycles. The lowest BCUT2D eigenvalue weighted by atomic mass is 10.2. The molecule has 2 aromatic heterocycles. The number of aromatic nitrogens is 2. The van der Waals surface area contributed by atoms with Crippen molar-refractivity contribution in [1.82, 2.24) is 14.5 Å². The molecule has 2 aromatic rings. The van der Waals surface area contributed by atoms with Gasteiger partial charge in [0.2, 0.25) is 5.91 Å². The highest BCUT2D eigenvalue weighted by atomic mass is 32.2. The summed E-state index contributed by atoms with van der Waals surface area (Å²) in [5.41, 5.74) is 1.04. The molecular weight excluding hydrogens is 342 g/mol. The second-order valence-electron chi connectivity index (χ2n) is 6.16. The third kappa shape index (κ3) is 3.67. The average Bonchev–Trinajstić information content (AvgIpc) is 2.80. The summed E-state index contributed by atoms with van der Waals surface area (Å²) in [7, 11) is 3.48. The van der Waals surface area contributed by atoms with Gasteiger partial charge in [-0.25, -0.2) is 4.98 Å². The van der Waals surface area contributed by atoms with E-state index in [-0.39, 0.29) is 16.7 Å². The number of nitrogens with zero attached hydrogens (tertiary/aromatic N) is 3. The van der Waals surface area contributed by atoms with Gasteiger partial charge in [-0.05, 0) is 32.8 Å². The SMILES string of the molecule is CCCCn1c(SC(C)C(=O)N(C)C)nc2sc(C)c(C)c2c1=O. The van der Waals surface area contributed by atoms with Crippen molar-refractivity contribution < 1.29 is 4.79 Å². The van der Waals surface area contributed by atoms with E-state index in [2.05, 4.69) is 6.92 Å². The van der Waals surface area contributed by atoms with Gasteiger partial charge in [-0.3, -0.25) is 14.2 Å². The highest BCUT2D eigenvalue weighted by Crippen LogP contribution is 2.30. The minimum Gasteiger partial charge on any atom is -0.348 e. The molecule has 0 radical (unpaired) electrons. The number of hydrogen-bond acceptors (Lipinski definition) is 5. The lowest BCUT2D eigenvalue weighted by molar-refractivity contribution is -0.127. The molecule has 24 heavy (non-hydrogen) atoms. The van der Waals surface area contributed by atoms with Gasteiger partial charge >= 0.3 is 0 Å². The van der Waals surface area contributed by atoms with E-state index in [9.17, 15) is 9.59 Å². The van der Waals surface area contributed by atoms with Crippen LogP contribution >= 0.6 is 23.1 Å². The number of carbonyl (C=O) groups is 1. The van der Waals surface area contributed by atoms with Crippen molar-refractivity contribution in [2.75, 3.05) is 14.1 Å². The Bertz CT molecular complexity index is 808. The molecule has 0 aliphatic rings. The van der Waals surface area contributed by atoms with E-state index in [0.717, 1.165) is 33.5 Å². The third-order valence-electron chi connectivity index (χ3n) is 4.06. The molecule has 132 valence electrons. The Kier molecular flexibility index (Phi) is 6.09. The molecule has 0 spiro atoms. The molecule has 2 rings (SSSR count). The molecule has 0 saturated carbocycles. The molecule has 0 N–H and O–H groups in total. The first-order chi connectivity index (χ1) is 11.3. The van der Waals surface area contributed by atoms with Crippen LogP contribution in [0.4, 0.5) is 0 Å². The summed E-state index contributed by atoms with van der Waals surface area (Å²) in [5.74, 6) is 0.0231. The van der Waals surface area contributed by atoms with Crippen LogP contribution in [0.1, 0.15) is 37.1 Å². The lowest BCUT2D eigenvalue weighted by Crippen LogP contribution is -2.31. The molecule has 2 heterocycles. The van der Waals surface area contributed by atoms with E-state index in [4.69, 9.17) is 4.98 Å². The standard InChI is InChI=1S/C17H25N3O2S2/c1-7-8-9-20-16(22)13-10(2)11(3)23-14(13)18-17(20)24-12(4)15(21)19(5)6/h12H,7-9H2,1-6H3. The van der Waals surface area contributed by atoms with Crippen molar-refractivity contribution in [3.05, 3.63) is 20.8 Å². The zero-order valence-electron chi connectivity index (χ0n) is 15.2. The topological polar surface area (TPSA) is 55.2 Å². The molecule has 0 saturated heterocycles. The number of amides is 1. The quantitative estimate of drug-likeness (QED) is 0.580. The zero-order chi connectivity index (χ0) is 18.0. The smallest absolute Gasteiger partial charge is 0.263 e. The van der Waals surface area contributed by atoms with Crippen LogP contribution in [0.5, 0.6) is 0 Å². The minimum absolute atomic E-state index is 0.0160. The van der Waals surface area contributed by atoms with Gasteiger partial charge in [0, 0.05) is 25.5 Å². The summed E-state index contributed by atoms with van der Waals surface area (Å²) in [6, 6.07) is 0. The summed E-state index contributed by atoms with van der Waals surface area (Å²) in [6.07, 6.45) is 1.92. The van der Waals surface area contributed by atoms with Crippen molar-refractivity contribution >= 4 is 39.2 Å². The summed E-state index contributed by atoms with van der Waals surface area (Å²) in [6.45, 7) is 8.59. The molecule has 1 unspecified atom stereocenters. The fourth-order valence-electron chi connectivity index (χ4n) is 2.48. The Hall–Kier alpha value is -1.34. The van der Waals surface area contributed by atoms with Gasteiger partial charge < -0.3 is 4.90 Å². The molecule has 0 fully saturated rings. The van der Waals surface area contributed by atoms with Crippen molar-refractivity contribution in [1.29, 1.82) is 0 Å². The summed E-state index contributed by atoms with van der Waals surface area (Å²) in [4.78, 5) is 33.4. The molecule has 1 atom stereocenters. The number of rotatable bonds is 6. The van der Waals surface area contributed by atoms with Crippen LogP contribution < -0.4 is 5.56 Å². The number of unbranched alkanes of at least 4 members (excludes halogenated alkanes) is 1. The summed E-state index contributed by atoms with van der Waals surface area (Å²) >= 11 is 2.92. The van der Waals surface area contributed by atoms with Crippen LogP contribution in [0.3, 0.4) is 0 Å². The fraction of sp³-hybridized carbons (Fsp3) is 0.588. The van der Waals surface area contributed by atoms with E-state index in [1.165, 1.54) is 11.8 Å². The van der Waals surface area contributed by atoms with Crippen LogP contribution in [0, 0.1) is 13.8 Å². The Morgan fingerprint density at radius 3 is 2.62 bits per heavy atom. The number of thioether (sulfide) groups is 1. The molecular formula is C17H25N3O2S2. The number of thiophene rings is 1. The predicted octanol–water partition coefficient (Wildman–Crippen LogP) is 3.44. The van der Waals surface area contributed by atoms with Crippen molar-refractivity contribution in [2.24, 2.45) is 0 Å². The first-order valence-electron chi connectivity index (χ1n) is 8.16. The normalized spacial score (nSPS) is 12.6. The second-order valence-corrected chi connectivity index (χ2v) is 8.67. The zero-order valence-corrected chi connectivity index (χ0v) is 16.8. The Morgan fingerprint density at radius 2 is 2.04 bits per heavy atom. The van der Waals surface area contributed by atoms with Gasteiger partial charge in [0.15, 0.2) is 5.16 Å². The van der Waals surface area contributed by atoms with Gasteiger partial charge in [-0.15, -0.1) is 11.3 Å². The van der Waals surface area contributed by atoms with E-state index in [1.807, 2.05) is 20.8 Å². The highest BCUT2D eigenvalue weighted by molar-refractivity contribution is 8.00. The summed E-state index contributed by atoms with van der Waals surface area (Å²) < 4.78 is 1.75. The Labute approximate surface area is 151 Å². The number of fused-ring (bicyclic) bond motifs is 1. The van der Waals surface area contributed by atoms with Gasteiger partial charge in [-0.1, -0.05) is 25.1 Å². The summed E-state index contributed by atoms with van der Waals surface area (Å²) in [5, 5.41) is 1.09.